The minimum absolute atomic E-state index is 0.155. The fourth-order valence-corrected chi connectivity index (χ4v) is 2.95. The molecule has 3 N–H and O–H groups in total. The lowest BCUT2D eigenvalue weighted by atomic mass is 10.1. The Hall–Kier alpha value is -3.08. The number of amides is 2. The molecule has 140 valence electrons. The lowest BCUT2D eigenvalue weighted by Crippen LogP contribution is -2.28. The number of H-pyrrole nitrogens is 1. The third kappa shape index (κ3) is 4.76. The van der Waals surface area contributed by atoms with Crippen LogP contribution in [0, 0.1) is 5.92 Å². The number of benzene rings is 2. The molecule has 0 saturated heterocycles. The van der Waals surface area contributed by atoms with Gasteiger partial charge in [0.25, 0.3) is 11.8 Å². The van der Waals surface area contributed by atoms with Gasteiger partial charge < -0.3 is 15.6 Å². The Morgan fingerprint density at radius 3 is 2.41 bits per heavy atom. The molecule has 5 heteroatoms. The van der Waals surface area contributed by atoms with Gasteiger partial charge in [0.2, 0.25) is 0 Å². The van der Waals surface area contributed by atoms with Crippen LogP contribution < -0.4 is 10.6 Å². The van der Waals surface area contributed by atoms with Crippen molar-refractivity contribution >= 4 is 22.7 Å². The molecule has 3 aromatic rings. The number of hydrogen-bond donors (Lipinski definition) is 3. The summed E-state index contributed by atoms with van der Waals surface area (Å²) in [4.78, 5) is 27.8. The number of para-hydroxylation sites is 1. The van der Waals surface area contributed by atoms with Crippen molar-refractivity contribution in [3.05, 3.63) is 71.4 Å². The lowest BCUT2D eigenvalue weighted by Gasteiger charge is -2.09. The normalized spacial score (nSPS) is 10.9. The second-order valence-corrected chi connectivity index (χ2v) is 7.05. The summed E-state index contributed by atoms with van der Waals surface area (Å²) < 4.78 is 0. The highest BCUT2D eigenvalue weighted by Crippen LogP contribution is 2.17. The summed E-state index contributed by atoms with van der Waals surface area (Å²) in [6, 6.07) is 14.9. The summed E-state index contributed by atoms with van der Waals surface area (Å²) in [5.41, 5.74) is 3.26. The summed E-state index contributed by atoms with van der Waals surface area (Å²) in [6.45, 7) is 5.22. The van der Waals surface area contributed by atoms with E-state index in [1.807, 2.05) is 38.2 Å². The van der Waals surface area contributed by atoms with Gasteiger partial charge in [0.1, 0.15) is 0 Å². The van der Waals surface area contributed by atoms with Gasteiger partial charge in [-0.15, -0.1) is 0 Å². The van der Waals surface area contributed by atoms with Crippen molar-refractivity contribution in [1.82, 2.24) is 15.6 Å². The number of aromatic nitrogens is 1. The van der Waals surface area contributed by atoms with E-state index in [0.717, 1.165) is 11.9 Å². The van der Waals surface area contributed by atoms with Gasteiger partial charge in [-0.1, -0.05) is 38.1 Å². The van der Waals surface area contributed by atoms with Crippen LogP contribution in [-0.2, 0) is 6.42 Å². The SMILES string of the molecule is CC(C)CNC(=O)c1cccc(C(=O)NCCc2c[nH]c3ccccc23)c1. The van der Waals surface area contributed by atoms with Gasteiger partial charge in [0, 0.05) is 41.3 Å². The molecule has 2 amide bonds. The first-order chi connectivity index (χ1) is 13.0. The van der Waals surface area contributed by atoms with Crippen molar-refractivity contribution in [3.63, 3.8) is 0 Å². The Morgan fingerprint density at radius 2 is 1.67 bits per heavy atom. The van der Waals surface area contributed by atoms with E-state index < -0.39 is 0 Å². The van der Waals surface area contributed by atoms with Gasteiger partial charge in [-0.2, -0.15) is 0 Å². The maximum Gasteiger partial charge on any atom is 0.251 e. The Kier molecular flexibility index (Phi) is 5.91. The molecule has 0 radical (unpaired) electrons. The molecule has 0 spiro atoms. The Morgan fingerprint density at radius 1 is 0.963 bits per heavy atom. The third-order valence-electron chi connectivity index (χ3n) is 4.41. The fraction of sp³-hybridized carbons (Fsp3) is 0.273. The average Bonchev–Trinajstić information content (AvgIpc) is 3.09. The number of carbonyl (C=O) groups excluding carboxylic acids is 2. The number of rotatable bonds is 7. The molecule has 5 nitrogen and oxygen atoms in total. The largest absolute Gasteiger partial charge is 0.361 e. The quantitative estimate of drug-likeness (QED) is 0.601. The predicted molar refractivity (Wildman–Crippen MR) is 108 cm³/mol. The van der Waals surface area contributed by atoms with Crippen molar-refractivity contribution in [2.75, 3.05) is 13.1 Å². The molecule has 3 rings (SSSR count). The highest BCUT2D eigenvalue weighted by atomic mass is 16.2. The van der Waals surface area contributed by atoms with Crippen LogP contribution in [0.4, 0.5) is 0 Å². The molecule has 1 heterocycles. The van der Waals surface area contributed by atoms with Crippen LogP contribution in [0.5, 0.6) is 0 Å². The van der Waals surface area contributed by atoms with E-state index in [2.05, 4.69) is 21.7 Å². The molecular formula is C22H25N3O2. The minimum atomic E-state index is -0.173. The second-order valence-electron chi connectivity index (χ2n) is 7.05. The molecule has 2 aromatic carbocycles. The monoisotopic (exact) mass is 363 g/mol. The maximum absolute atomic E-state index is 12.4. The fourth-order valence-electron chi connectivity index (χ4n) is 2.95. The number of carbonyl (C=O) groups is 2. The van der Waals surface area contributed by atoms with Gasteiger partial charge in [0.15, 0.2) is 0 Å². The molecule has 0 aliphatic carbocycles. The molecule has 0 bridgehead atoms. The van der Waals surface area contributed by atoms with E-state index in [1.165, 1.54) is 10.9 Å². The van der Waals surface area contributed by atoms with E-state index in [-0.39, 0.29) is 11.8 Å². The van der Waals surface area contributed by atoms with E-state index in [1.54, 1.807) is 24.3 Å². The molecule has 1 aromatic heterocycles. The Bertz CT molecular complexity index is 943. The first-order valence-corrected chi connectivity index (χ1v) is 9.26. The molecule has 0 saturated carbocycles. The van der Waals surface area contributed by atoms with Gasteiger partial charge in [-0.25, -0.2) is 0 Å². The molecule has 0 fully saturated rings. The van der Waals surface area contributed by atoms with Gasteiger partial charge >= 0.3 is 0 Å². The topological polar surface area (TPSA) is 74.0 Å². The molecule has 27 heavy (non-hydrogen) atoms. The van der Waals surface area contributed by atoms with E-state index in [4.69, 9.17) is 0 Å². The van der Waals surface area contributed by atoms with Gasteiger partial charge in [-0.3, -0.25) is 9.59 Å². The van der Waals surface area contributed by atoms with Crippen LogP contribution in [0.25, 0.3) is 10.9 Å². The summed E-state index contributed by atoms with van der Waals surface area (Å²) >= 11 is 0. The summed E-state index contributed by atoms with van der Waals surface area (Å²) in [7, 11) is 0. The van der Waals surface area contributed by atoms with E-state index in [9.17, 15) is 9.59 Å². The van der Waals surface area contributed by atoms with Crippen molar-refractivity contribution in [2.24, 2.45) is 5.92 Å². The number of hydrogen-bond acceptors (Lipinski definition) is 2. The van der Waals surface area contributed by atoms with E-state index in [0.29, 0.717) is 30.1 Å². The van der Waals surface area contributed by atoms with Crippen LogP contribution in [-0.4, -0.2) is 29.9 Å². The predicted octanol–water partition coefficient (Wildman–Crippen LogP) is 3.53. The van der Waals surface area contributed by atoms with Crippen LogP contribution in [0.3, 0.4) is 0 Å². The Labute approximate surface area is 159 Å². The highest BCUT2D eigenvalue weighted by Gasteiger charge is 2.11. The average molecular weight is 363 g/mol. The molecular weight excluding hydrogens is 338 g/mol. The van der Waals surface area contributed by atoms with Crippen LogP contribution in [0.15, 0.2) is 54.7 Å². The van der Waals surface area contributed by atoms with Gasteiger partial charge in [-0.05, 0) is 42.2 Å². The second kappa shape index (κ2) is 8.54. The molecule has 0 aliphatic rings. The third-order valence-corrected chi connectivity index (χ3v) is 4.41. The Balaban J connectivity index is 1.58. The number of nitrogens with one attached hydrogen (secondary N) is 3. The molecule has 0 aliphatic heterocycles. The first-order valence-electron chi connectivity index (χ1n) is 9.26. The summed E-state index contributed by atoms with van der Waals surface area (Å²) in [5.74, 6) is 0.0513. The zero-order valence-corrected chi connectivity index (χ0v) is 15.7. The maximum atomic E-state index is 12.4. The number of fused-ring (bicyclic) bond motifs is 1. The van der Waals surface area contributed by atoms with Crippen molar-refractivity contribution in [2.45, 2.75) is 20.3 Å². The minimum Gasteiger partial charge on any atom is -0.361 e. The molecule has 0 atom stereocenters. The van der Waals surface area contributed by atoms with Crippen LogP contribution >= 0.6 is 0 Å². The van der Waals surface area contributed by atoms with Crippen molar-refractivity contribution < 1.29 is 9.59 Å². The zero-order valence-electron chi connectivity index (χ0n) is 15.7. The van der Waals surface area contributed by atoms with Crippen LogP contribution in [0.1, 0.15) is 40.1 Å². The highest BCUT2D eigenvalue weighted by molar-refractivity contribution is 5.99. The van der Waals surface area contributed by atoms with E-state index >= 15 is 0 Å². The van der Waals surface area contributed by atoms with Crippen molar-refractivity contribution in [1.29, 1.82) is 0 Å². The lowest BCUT2D eigenvalue weighted by molar-refractivity contribution is 0.0949. The summed E-state index contributed by atoms with van der Waals surface area (Å²) in [5, 5.41) is 6.98. The first kappa shape index (κ1) is 18.7. The van der Waals surface area contributed by atoms with Crippen LogP contribution in [0.2, 0.25) is 0 Å². The molecule has 0 unspecified atom stereocenters. The zero-order chi connectivity index (χ0) is 19.2. The standard InChI is InChI=1S/C22H25N3O2/c1-15(2)13-25-22(27)17-7-5-6-16(12-17)21(26)23-11-10-18-14-24-20-9-4-3-8-19(18)20/h3-9,12,14-15,24H,10-11,13H2,1-2H3,(H,23,26)(H,25,27). The van der Waals surface area contributed by atoms with Crippen molar-refractivity contribution in [3.8, 4) is 0 Å². The smallest absolute Gasteiger partial charge is 0.251 e. The van der Waals surface area contributed by atoms with Gasteiger partial charge in [0.05, 0.1) is 0 Å². The number of aromatic amines is 1. The summed E-state index contributed by atoms with van der Waals surface area (Å²) in [6.07, 6.45) is 2.72.